The number of fused-ring (bicyclic) bond motifs is 1. The molecule has 1 atom stereocenters. The lowest BCUT2D eigenvalue weighted by Crippen LogP contribution is -2.36. The minimum Gasteiger partial charge on any atom is -0.329 e. The van der Waals surface area contributed by atoms with Crippen LogP contribution < -0.4 is 16.3 Å². The summed E-state index contributed by atoms with van der Waals surface area (Å²) in [6, 6.07) is 4.19. The Kier molecular flexibility index (Phi) is 3.55. The molecule has 80 valence electrons. The van der Waals surface area contributed by atoms with Crippen molar-refractivity contribution in [1.29, 1.82) is 0 Å². The zero-order chi connectivity index (χ0) is 10.1. The predicted molar refractivity (Wildman–Crippen MR) is 56.4 cm³/mol. The summed E-state index contributed by atoms with van der Waals surface area (Å²) in [5.41, 5.74) is 5.39. The van der Waals surface area contributed by atoms with E-state index < -0.39 is 0 Å². The van der Waals surface area contributed by atoms with Crippen molar-refractivity contribution in [2.24, 2.45) is 16.6 Å². The van der Waals surface area contributed by atoms with Gasteiger partial charge >= 0.3 is 0 Å². The highest BCUT2D eigenvalue weighted by molar-refractivity contribution is 5.86. The van der Waals surface area contributed by atoms with Crippen LogP contribution in [0.4, 0.5) is 4.39 Å². The Morgan fingerprint density at radius 1 is 1.47 bits per heavy atom. The summed E-state index contributed by atoms with van der Waals surface area (Å²) >= 11 is 0. The number of nitrogens with two attached hydrogens (primary N) is 1. The highest BCUT2D eigenvalue weighted by Gasteiger charge is 2.16. The average Bonchev–Trinajstić information content (AvgIpc) is 2.16. The summed E-state index contributed by atoms with van der Waals surface area (Å²) in [5, 5.41) is 1.15. The van der Waals surface area contributed by atoms with Gasteiger partial charge in [0.15, 0.2) is 0 Å². The summed E-state index contributed by atoms with van der Waals surface area (Å²) in [6.07, 6.45) is 1.73. The fourth-order valence-corrected chi connectivity index (χ4v) is 1.41. The van der Waals surface area contributed by atoms with Gasteiger partial charge in [-0.15, -0.1) is 12.4 Å². The predicted octanol–water partition coefficient (Wildman–Crippen LogP) is -0.237. The Morgan fingerprint density at radius 3 is 2.87 bits per heavy atom. The van der Waals surface area contributed by atoms with Gasteiger partial charge in [0, 0.05) is 12.6 Å². The molecule has 1 aromatic carbocycles. The maximum absolute atomic E-state index is 12.8. The number of carbonyl (C=O) groups is 1. The fourth-order valence-electron chi connectivity index (χ4n) is 1.41. The quantitative estimate of drug-likeness (QED) is 0.722. The van der Waals surface area contributed by atoms with Gasteiger partial charge in [0.05, 0.1) is 11.3 Å². The van der Waals surface area contributed by atoms with Gasteiger partial charge in [0.1, 0.15) is 5.82 Å². The number of rotatable bonds is 1. The van der Waals surface area contributed by atoms with E-state index in [1.165, 1.54) is 12.1 Å². The van der Waals surface area contributed by atoms with Crippen molar-refractivity contribution < 1.29 is 9.18 Å². The molecule has 0 radical (unpaired) electrons. The monoisotopic (exact) mass is 228 g/mol. The summed E-state index contributed by atoms with van der Waals surface area (Å²) in [5.74, 6) is -1.06. The van der Waals surface area contributed by atoms with Crippen LogP contribution in [0.2, 0.25) is 0 Å². The number of hydrogen-bond donors (Lipinski definition) is 1. The lowest BCUT2D eigenvalue weighted by Gasteiger charge is -2.08. The molecule has 3 nitrogen and oxygen atoms in total. The smallest absolute Gasteiger partial charge is 0.254 e. The third-order valence-corrected chi connectivity index (χ3v) is 2.18. The second-order valence-corrected chi connectivity index (χ2v) is 3.16. The van der Waals surface area contributed by atoms with Gasteiger partial charge in [0.2, 0.25) is 0 Å². The molecule has 2 N–H and O–H groups in total. The summed E-state index contributed by atoms with van der Waals surface area (Å²) in [4.78, 5) is 15.1. The van der Waals surface area contributed by atoms with E-state index in [9.17, 15) is 9.18 Å². The second-order valence-electron chi connectivity index (χ2n) is 3.16. The van der Waals surface area contributed by atoms with Crippen molar-refractivity contribution in [2.75, 3.05) is 6.54 Å². The Balaban J connectivity index is 0.00000112. The van der Waals surface area contributed by atoms with Gasteiger partial charge in [0.25, 0.3) is 5.91 Å². The largest absolute Gasteiger partial charge is 0.329 e. The van der Waals surface area contributed by atoms with Gasteiger partial charge in [-0.25, -0.2) is 9.38 Å². The van der Waals surface area contributed by atoms with E-state index in [0.717, 1.165) is 5.22 Å². The molecule has 0 saturated carbocycles. The maximum Gasteiger partial charge on any atom is 0.254 e. The fraction of sp³-hybridized carbons (Fsp3) is 0.200. The average molecular weight is 229 g/mol. The topological polar surface area (TPSA) is 55.4 Å². The zero-order valence-corrected chi connectivity index (χ0v) is 8.63. The molecule has 1 amide bonds. The van der Waals surface area contributed by atoms with E-state index in [0.29, 0.717) is 5.36 Å². The number of amides is 1. The van der Waals surface area contributed by atoms with Crippen LogP contribution in [-0.4, -0.2) is 12.5 Å². The van der Waals surface area contributed by atoms with Gasteiger partial charge < -0.3 is 5.73 Å². The van der Waals surface area contributed by atoms with Crippen LogP contribution in [0.5, 0.6) is 0 Å². The molecule has 15 heavy (non-hydrogen) atoms. The molecule has 0 aromatic heterocycles. The van der Waals surface area contributed by atoms with E-state index in [2.05, 4.69) is 4.99 Å². The van der Waals surface area contributed by atoms with Crippen molar-refractivity contribution >= 4 is 24.4 Å². The summed E-state index contributed by atoms with van der Waals surface area (Å²) in [7, 11) is 0. The second kappa shape index (κ2) is 4.51. The van der Waals surface area contributed by atoms with Crippen LogP contribution in [0.25, 0.3) is 6.08 Å². The molecule has 0 bridgehead atoms. The van der Waals surface area contributed by atoms with Crippen LogP contribution in [0.3, 0.4) is 0 Å². The lowest BCUT2D eigenvalue weighted by molar-refractivity contribution is -0.119. The summed E-state index contributed by atoms with van der Waals surface area (Å²) in [6.45, 7) is 0.235. The first-order valence-electron chi connectivity index (χ1n) is 4.31. The van der Waals surface area contributed by atoms with Crippen molar-refractivity contribution in [3.63, 3.8) is 0 Å². The Bertz CT molecular complexity index is 501. The minimum atomic E-state index is -0.389. The van der Waals surface area contributed by atoms with E-state index in [4.69, 9.17) is 5.73 Å². The zero-order valence-electron chi connectivity index (χ0n) is 7.81. The normalized spacial score (nSPS) is 18.3. The van der Waals surface area contributed by atoms with Crippen molar-refractivity contribution in [3.05, 3.63) is 34.6 Å². The van der Waals surface area contributed by atoms with Crippen LogP contribution in [0.1, 0.15) is 0 Å². The van der Waals surface area contributed by atoms with Gasteiger partial charge in [-0.1, -0.05) is 12.1 Å². The molecular formula is C10H10ClFN2O. The molecule has 1 unspecified atom stereocenters. The molecule has 1 aromatic rings. The number of nitrogens with zero attached hydrogens (tertiary/aromatic N) is 1. The molecule has 1 aliphatic rings. The SMILES string of the molecule is Cl.NCC1C=c2ccc(F)cc2=NC1=O. The van der Waals surface area contributed by atoms with E-state index in [-0.39, 0.29) is 36.6 Å². The standard InChI is InChI=1S/C10H9FN2O.ClH/c11-8-2-1-6-3-7(5-12)10(14)13-9(6)4-8;/h1-4,7H,5,12H2;1H. The van der Waals surface area contributed by atoms with Gasteiger partial charge in [-0.2, -0.15) is 0 Å². The minimum absolute atomic E-state index is 0. The third-order valence-electron chi connectivity index (χ3n) is 2.18. The van der Waals surface area contributed by atoms with Crippen molar-refractivity contribution in [3.8, 4) is 0 Å². The van der Waals surface area contributed by atoms with Crippen molar-refractivity contribution in [1.82, 2.24) is 0 Å². The highest BCUT2D eigenvalue weighted by Crippen LogP contribution is 2.01. The first-order valence-corrected chi connectivity index (χ1v) is 4.31. The molecule has 0 saturated heterocycles. The first-order chi connectivity index (χ1) is 6.70. The number of halogens is 2. The molecule has 2 rings (SSSR count). The molecule has 1 heterocycles. The highest BCUT2D eigenvalue weighted by atomic mass is 35.5. The molecular weight excluding hydrogens is 219 g/mol. The van der Waals surface area contributed by atoms with Crippen LogP contribution in [0.15, 0.2) is 23.2 Å². The number of benzene rings is 1. The first kappa shape index (κ1) is 11.8. The molecule has 0 aliphatic carbocycles. The van der Waals surface area contributed by atoms with Crippen molar-refractivity contribution in [2.45, 2.75) is 0 Å². The van der Waals surface area contributed by atoms with Crippen LogP contribution >= 0.6 is 12.4 Å². The molecule has 1 aliphatic heterocycles. The van der Waals surface area contributed by atoms with Crippen LogP contribution in [-0.2, 0) is 4.79 Å². The maximum atomic E-state index is 12.8. The van der Waals surface area contributed by atoms with E-state index in [1.54, 1.807) is 12.1 Å². The van der Waals surface area contributed by atoms with Gasteiger partial charge in [-0.05, 0) is 11.3 Å². The Morgan fingerprint density at radius 2 is 2.20 bits per heavy atom. The number of hydrogen-bond acceptors (Lipinski definition) is 2. The molecule has 5 heteroatoms. The Hall–Kier alpha value is -1.26. The Labute approximate surface area is 91.9 Å². The summed E-state index contributed by atoms with van der Waals surface area (Å²) < 4.78 is 12.8. The van der Waals surface area contributed by atoms with Gasteiger partial charge in [-0.3, -0.25) is 4.79 Å². The molecule has 0 fully saturated rings. The van der Waals surface area contributed by atoms with Crippen LogP contribution in [0, 0.1) is 11.7 Å². The van der Waals surface area contributed by atoms with E-state index >= 15 is 0 Å². The lowest BCUT2D eigenvalue weighted by atomic mass is 10.0. The number of carbonyl (C=O) groups excluding carboxylic acids is 1. The van der Waals surface area contributed by atoms with E-state index in [1.807, 2.05) is 0 Å². The third kappa shape index (κ3) is 2.22. The molecule has 0 spiro atoms.